The monoisotopic (exact) mass is 333 g/mol. The van der Waals surface area contributed by atoms with Gasteiger partial charge in [-0.2, -0.15) is 0 Å². The first-order valence-corrected chi connectivity index (χ1v) is 7.97. The Morgan fingerprint density at radius 1 is 1.38 bits per heavy atom. The number of nitrogens with one attached hydrogen (secondary N) is 1. The number of carbonyl (C=O) groups excluding carboxylic acids is 1. The molecule has 0 unspecified atom stereocenters. The highest BCUT2D eigenvalue weighted by Crippen LogP contribution is 2.23. The topological polar surface area (TPSA) is 58.4 Å². The quantitative estimate of drug-likeness (QED) is 0.881. The maximum atomic E-state index is 13.5. The number of aryl methyl sites for hydroxylation is 1. The molecule has 1 aromatic carbocycles. The van der Waals surface area contributed by atoms with E-state index in [1.807, 2.05) is 38.9 Å². The Hall–Kier alpha value is -2.21. The molecule has 0 saturated carbocycles. The van der Waals surface area contributed by atoms with Crippen LogP contribution in [0.5, 0.6) is 0 Å². The third-order valence-electron chi connectivity index (χ3n) is 3.95. The van der Waals surface area contributed by atoms with Gasteiger partial charge in [-0.15, -0.1) is 0 Å². The first kappa shape index (κ1) is 18.1. The number of amides is 1. The molecule has 0 saturated heterocycles. The lowest BCUT2D eigenvalue weighted by molar-refractivity contribution is 0.0939. The lowest BCUT2D eigenvalue weighted by Crippen LogP contribution is -2.35. The van der Waals surface area contributed by atoms with Gasteiger partial charge in [-0.1, -0.05) is 31.1 Å². The zero-order valence-electron chi connectivity index (χ0n) is 14.8. The van der Waals surface area contributed by atoms with Crippen molar-refractivity contribution in [1.82, 2.24) is 15.4 Å². The fourth-order valence-electron chi connectivity index (χ4n) is 2.65. The van der Waals surface area contributed by atoms with Crippen molar-refractivity contribution >= 4 is 5.91 Å². The molecular formula is C18H24FN3O2. The second-order valence-corrected chi connectivity index (χ2v) is 6.41. The largest absolute Gasteiger partial charge is 0.360 e. The number of rotatable bonds is 6. The summed E-state index contributed by atoms with van der Waals surface area (Å²) < 4.78 is 18.7. The maximum Gasteiger partial charge on any atom is 0.256 e. The van der Waals surface area contributed by atoms with Crippen LogP contribution in [0.2, 0.25) is 0 Å². The Bertz CT molecular complexity index is 710. The van der Waals surface area contributed by atoms with E-state index in [2.05, 4.69) is 10.5 Å². The molecule has 0 fully saturated rings. The molecule has 1 aromatic heterocycles. The summed E-state index contributed by atoms with van der Waals surface area (Å²) in [6.07, 6.45) is 0. The Labute approximate surface area is 141 Å². The Kier molecular flexibility index (Phi) is 5.72. The molecule has 0 radical (unpaired) electrons. The highest BCUT2D eigenvalue weighted by Gasteiger charge is 2.24. The first-order chi connectivity index (χ1) is 11.3. The average molecular weight is 333 g/mol. The van der Waals surface area contributed by atoms with Crippen LogP contribution in [0.3, 0.4) is 0 Å². The SMILES string of the molecule is Cc1noc(C(C)C)c1C(=O)NC[C@H](c1cccc(F)c1)N(C)C. The summed E-state index contributed by atoms with van der Waals surface area (Å²) in [5, 5.41) is 6.81. The summed E-state index contributed by atoms with van der Waals surface area (Å²) in [6, 6.07) is 6.28. The Morgan fingerprint density at radius 2 is 2.08 bits per heavy atom. The van der Waals surface area contributed by atoms with Gasteiger partial charge in [0, 0.05) is 12.5 Å². The van der Waals surface area contributed by atoms with Crippen LogP contribution in [0, 0.1) is 12.7 Å². The zero-order chi connectivity index (χ0) is 17.9. The maximum absolute atomic E-state index is 13.5. The summed E-state index contributed by atoms with van der Waals surface area (Å²) in [7, 11) is 3.79. The van der Waals surface area contributed by atoms with E-state index in [0.717, 1.165) is 5.56 Å². The first-order valence-electron chi connectivity index (χ1n) is 7.97. The van der Waals surface area contributed by atoms with Crippen LogP contribution in [0.4, 0.5) is 4.39 Å². The van der Waals surface area contributed by atoms with E-state index in [1.165, 1.54) is 12.1 Å². The van der Waals surface area contributed by atoms with Gasteiger partial charge in [0.25, 0.3) is 5.91 Å². The molecule has 2 aromatic rings. The smallest absolute Gasteiger partial charge is 0.256 e. The van der Waals surface area contributed by atoms with E-state index in [4.69, 9.17) is 4.52 Å². The third-order valence-corrected chi connectivity index (χ3v) is 3.95. The van der Waals surface area contributed by atoms with Crippen molar-refractivity contribution in [1.29, 1.82) is 0 Å². The minimum atomic E-state index is -0.289. The van der Waals surface area contributed by atoms with Crippen LogP contribution in [0.1, 0.15) is 53.2 Å². The Balaban J connectivity index is 2.16. The summed E-state index contributed by atoms with van der Waals surface area (Å²) >= 11 is 0. The van der Waals surface area contributed by atoms with Gasteiger partial charge in [-0.25, -0.2) is 4.39 Å². The molecule has 5 nitrogen and oxygen atoms in total. The van der Waals surface area contributed by atoms with Crippen LogP contribution in [0.25, 0.3) is 0 Å². The van der Waals surface area contributed by atoms with Crippen LogP contribution >= 0.6 is 0 Å². The molecule has 0 aliphatic heterocycles. The number of aromatic nitrogens is 1. The van der Waals surface area contributed by atoms with Gasteiger partial charge >= 0.3 is 0 Å². The molecule has 1 amide bonds. The highest BCUT2D eigenvalue weighted by molar-refractivity contribution is 5.96. The fraction of sp³-hybridized carbons (Fsp3) is 0.444. The number of likely N-dealkylation sites (N-methyl/N-ethyl adjacent to an activating group) is 1. The predicted octanol–water partition coefficient (Wildman–Crippen LogP) is 3.28. The summed E-state index contributed by atoms with van der Waals surface area (Å²) in [5.74, 6) is 0.139. The van der Waals surface area contributed by atoms with Gasteiger partial charge in [0.2, 0.25) is 0 Å². The molecule has 24 heavy (non-hydrogen) atoms. The molecule has 0 aliphatic carbocycles. The summed E-state index contributed by atoms with van der Waals surface area (Å²) in [5.41, 5.74) is 1.87. The number of benzene rings is 1. The van der Waals surface area contributed by atoms with Crippen LogP contribution < -0.4 is 5.32 Å². The standard InChI is InChI=1S/C18H24FN3O2/c1-11(2)17-16(12(3)21-24-17)18(23)20-10-15(22(4)5)13-7-6-8-14(19)9-13/h6-9,11,15H,10H2,1-5H3,(H,20,23)/t15-/m1/s1. The zero-order valence-corrected chi connectivity index (χ0v) is 14.8. The average Bonchev–Trinajstić information content (AvgIpc) is 2.89. The Morgan fingerprint density at radius 3 is 2.67 bits per heavy atom. The minimum absolute atomic E-state index is 0.0693. The molecule has 1 heterocycles. The second-order valence-electron chi connectivity index (χ2n) is 6.41. The molecule has 1 atom stereocenters. The van der Waals surface area contributed by atoms with Crippen molar-refractivity contribution in [3.8, 4) is 0 Å². The van der Waals surface area contributed by atoms with Crippen molar-refractivity contribution < 1.29 is 13.7 Å². The number of nitrogens with zero attached hydrogens (tertiary/aromatic N) is 2. The van der Waals surface area contributed by atoms with E-state index in [1.54, 1.807) is 13.0 Å². The van der Waals surface area contributed by atoms with E-state index >= 15 is 0 Å². The minimum Gasteiger partial charge on any atom is -0.360 e. The lowest BCUT2D eigenvalue weighted by Gasteiger charge is -2.25. The van der Waals surface area contributed by atoms with Crippen molar-refractivity contribution in [2.24, 2.45) is 0 Å². The number of carbonyl (C=O) groups is 1. The van der Waals surface area contributed by atoms with Crippen LogP contribution in [0.15, 0.2) is 28.8 Å². The molecule has 0 aliphatic rings. The van der Waals surface area contributed by atoms with Gasteiger partial charge in [0.15, 0.2) is 5.76 Å². The second kappa shape index (κ2) is 7.57. The third kappa shape index (κ3) is 4.00. The molecule has 1 N–H and O–H groups in total. The van der Waals surface area contributed by atoms with Gasteiger partial charge in [-0.3, -0.25) is 4.79 Å². The van der Waals surface area contributed by atoms with E-state index in [9.17, 15) is 9.18 Å². The van der Waals surface area contributed by atoms with Gasteiger partial charge < -0.3 is 14.7 Å². The molecule has 0 bridgehead atoms. The summed E-state index contributed by atoms with van der Waals surface area (Å²) in [6.45, 7) is 6.01. The van der Waals surface area contributed by atoms with Crippen molar-refractivity contribution in [2.75, 3.05) is 20.6 Å². The van der Waals surface area contributed by atoms with Crippen LogP contribution in [-0.4, -0.2) is 36.6 Å². The molecular weight excluding hydrogens is 309 g/mol. The molecule has 130 valence electrons. The number of hydrogen-bond donors (Lipinski definition) is 1. The number of halogens is 1. The van der Waals surface area contributed by atoms with E-state index in [0.29, 0.717) is 23.6 Å². The number of hydrogen-bond acceptors (Lipinski definition) is 4. The van der Waals surface area contributed by atoms with Gasteiger partial charge in [-0.05, 0) is 38.7 Å². The molecule has 0 spiro atoms. The molecule has 2 rings (SSSR count). The van der Waals surface area contributed by atoms with Gasteiger partial charge in [0.05, 0.1) is 11.7 Å². The predicted molar refractivity (Wildman–Crippen MR) is 90.5 cm³/mol. The normalized spacial score (nSPS) is 12.7. The van der Waals surface area contributed by atoms with Crippen molar-refractivity contribution in [2.45, 2.75) is 32.7 Å². The van der Waals surface area contributed by atoms with Crippen LogP contribution in [-0.2, 0) is 0 Å². The highest BCUT2D eigenvalue weighted by atomic mass is 19.1. The fourth-order valence-corrected chi connectivity index (χ4v) is 2.65. The lowest BCUT2D eigenvalue weighted by atomic mass is 10.0. The van der Waals surface area contributed by atoms with E-state index in [-0.39, 0.29) is 23.7 Å². The van der Waals surface area contributed by atoms with Crippen molar-refractivity contribution in [3.63, 3.8) is 0 Å². The van der Waals surface area contributed by atoms with E-state index < -0.39 is 0 Å². The summed E-state index contributed by atoms with van der Waals surface area (Å²) in [4.78, 5) is 14.5. The van der Waals surface area contributed by atoms with Gasteiger partial charge in [0.1, 0.15) is 11.4 Å². The van der Waals surface area contributed by atoms with Crippen molar-refractivity contribution in [3.05, 3.63) is 52.7 Å². The molecule has 6 heteroatoms.